The zero-order valence-corrected chi connectivity index (χ0v) is 12.4. The number of nitrogens with two attached hydrogens (primary N) is 1. The molecule has 1 aromatic rings. The van der Waals surface area contributed by atoms with Crippen molar-refractivity contribution < 1.29 is 14.3 Å². The topological polar surface area (TPSA) is 84.7 Å². The fraction of sp³-hybridized carbons (Fsp3) is 0.467. The fourth-order valence-corrected chi connectivity index (χ4v) is 2.79. The van der Waals surface area contributed by atoms with Crippen molar-refractivity contribution in [1.29, 1.82) is 0 Å². The van der Waals surface area contributed by atoms with Crippen LogP contribution in [0.15, 0.2) is 18.2 Å². The first-order valence-electron chi connectivity index (χ1n) is 7.01. The summed E-state index contributed by atoms with van der Waals surface area (Å²) in [5, 5.41) is 2.68. The third-order valence-electron chi connectivity index (χ3n) is 3.83. The van der Waals surface area contributed by atoms with Crippen LogP contribution < -0.4 is 16.0 Å². The molecule has 21 heavy (non-hydrogen) atoms. The summed E-state index contributed by atoms with van der Waals surface area (Å²) >= 11 is 0. The number of rotatable bonds is 3. The second kappa shape index (κ2) is 6.47. The lowest BCUT2D eigenvalue weighted by atomic mass is 9.95. The third kappa shape index (κ3) is 3.09. The molecule has 2 rings (SSSR count). The molecule has 1 heterocycles. The Morgan fingerprint density at radius 2 is 2.19 bits per heavy atom. The summed E-state index contributed by atoms with van der Waals surface area (Å²) in [7, 11) is 2.98. The molecule has 6 heteroatoms. The number of piperidine rings is 1. The van der Waals surface area contributed by atoms with Gasteiger partial charge in [-0.05, 0) is 25.0 Å². The van der Waals surface area contributed by atoms with Gasteiger partial charge in [0.1, 0.15) is 0 Å². The summed E-state index contributed by atoms with van der Waals surface area (Å²) in [6.07, 6.45) is 1.73. The average Bonchev–Trinajstić information content (AvgIpc) is 2.53. The minimum Gasteiger partial charge on any atom is -0.465 e. The number of amides is 1. The molecule has 1 atom stereocenters. The quantitative estimate of drug-likeness (QED) is 0.641. The molecule has 0 aliphatic carbocycles. The second-order valence-electron chi connectivity index (χ2n) is 5.13. The number of nitrogen functional groups attached to an aromatic ring is 1. The Morgan fingerprint density at radius 1 is 1.43 bits per heavy atom. The van der Waals surface area contributed by atoms with Crippen molar-refractivity contribution in [3.63, 3.8) is 0 Å². The molecule has 3 N–H and O–H groups in total. The molecular weight excluding hydrogens is 270 g/mol. The van der Waals surface area contributed by atoms with Crippen LogP contribution in [0.4, 0.5) is 11.4 Å². The SMILES string of the molecule is CNC(=O)C1CCCN(c2c(N)cccc2C(=O)OC)C1. The van der Waals surface area contributed by atoms with Gasteiger partial charge < -0.3 is 20.7 Å². The lowest BCUT2D eigenvalue weighted by molar-refractivity contribution is -0.124. The number of hydrogen-bond donors (Lipinski definition) is 2. The van der Waals surface area contributed by atoms with Crippen LogP contribution in [0.3, 0.4) is 0 Å². The normalized spacial score (nSPS) is 18.2. The summed E-state index contributed by atoms with van der Waals surface area (Å²) < 4.78 is 4.82. The number of ether oxygens (including phenoxy) is 1. The number of nitrogens with zero attached hydrogens (tertiary/aromatic N) is 1. The lowest BCUT2D eigenvalue weighted by Crippen LogP contribution is -2.43. The molecule has 1 aliphatic rings. The van der Waals surface area contributed by atoms with Crippen molar-refractivity contribution >= 4 is 23.3 Å². The maximum absolute atomic E-state index is 11.9. The van der Waals surface area contributed by atoms with E-state index in [2.05, 4.69) is 5.32 Å². The third-order valence-corrected chi connectivity index (χ3v) is 3.83. The monoisotopic (exact) mass is 291 g/mol. The molecule has 1 unspecified atom stereocenters. The van der Waals surface area contributed by atoms with Crippen LogP contribution in [0.25, 0.3) is 0 Å². The number of nitrogens with one attached hydrogen (secondary N) is 1. The maximum atomic E-state index is 11.9. The highest BCUT2D eigenvalue weighted by Crippen LogP contribution is 2.32. The van der Waals surface area contributed by atoms with Crippen LogP contribution in [0, 0.1) is 5.92 Å². The van der Waals surface area contributed by atoms with Gasteiger partial charge in [0.2, 0.25) is 5.91 Å². The number of para-hydroxylation sites is 1. The van der Waals surface area contributed by atoms with Crippen LogP contribution in [-0.2, 0) is 9.53 Å². The van der Waals surface area contributed by atoms with Gasteiger partial charge in [-0.2, -0.15) is 0 Å². The number of benzene rings is 1. The molecule has 0 radical (unpaired) electrons. The van der Waals surface area contributed by atoms with E-state index in [0.717, 1.165) is 19.4 Å². The van der Waals surface area contributed by atoms with Gasteiger partial charge in [-0.25, -0.2) is 4.79 Å². The number of esters is 1. The van der Waals surface area contributed by atoms with E-state index in [0.29, 0.717) is 23.5 Å². The first-order chi connectivity index (χ1) is 10.1. The predicted molar refractivity (Wildman–Crippen MR) is 81.2 cm³/mol. The molecule has 0 bridgehead atoms. The summed E-state index contributed by atoms with van der Waals surface area (Å²) in [6.45, 7) is 1.32. The van der Waals surface area contributed by atoms with E-state index in [-0.39, 0.29) is 11.8 Å². The van der Waals surface area contributed by atoms with Gasteiger partial charge >= 0.3 is 5.97 Å². The van der Waals surface area contributed by atoms with Gasteiger partial charge in [0.25, 0.3) is 0 Å². The second-order valence-corrected chi connectivity index (χ2v) is 5.13. The van der Waals surface area contributed by atoms with Gasteiger partial charge in [-0.15, -0.1) is 0 Å². The molecule has 1 saturated heterocycles. The average molecular weight is 291 g/mol. The molecular formula is C15H21N3O3. The molecule has 0 saturated carbocycles. The van der Waals surface area contributed by atoms with E-state index in [4.69, 9.17) is 10.5 Å². The minimum absolute atomic E-state index is 0.0221. The number of anilines is 2. The van der Waals surface area contributed by atoms with E-state index in [1.807, 2.05) is 4.90 Å². The zero-order chi connectivity index (χ0) is 15.4. The number of carbonyl (C=O) groups excluding carboxylic acids is 2. The largest absolute Gasteiger partial charge is 0.465 e. The standard InChI is InChI=1S/C15H21N3O3/c1-17-14(19)10-5-4-8-18(9-10)13-11(15(20)21-2)6-3-7-12(13)16/h3,6-7,10H,4-5,8-9,16H2,1-2H3,(H,17,19). The van der Waals surface area contributed by atoms with E-state index in [1.54, 1.807) is 25.2 Å². The van der Waals surface area contributed by atoms with Crippen LogP contribution in [0.2, 0.25) is 0 Å². The summed E-state index contributed by atoms with van der Waals surface area (Å²) in [4.78, 5) is 25.8. The van der Waals surface area contributed by atoms with E-state index < -0.39 is 5.97 Å². The van der Waals surface area contributed by atoms with Gasteiger partial charge in [0, 0.05) is 20.1 Å². The molecule has 1 aromatic carbocycles. The molecule has 1 fully saturated rings. The van der Waals surface area contributed by atoms with Gasteiger partial charge in [0.05, 0.1) is 30.0 Å². The zero-order valence-electron chi connectivity index (χ0n) is 12.4. The Bertz CT molecular complexity index is 545. The number of carbonyl (C=O) groups is 2. The fourth-order valence-electron chi connectivity index (χ4n) is 2.79. The van der Waals surface area contributed by atoms with Crippen LogP contribution >= 0.6 is 0 Å². The molecule has 1 amide bonds. The van der Waals surface area contributed by atoms with Crippen molar-refractivity contribution in [2.75, 3.05) is 37.9 Å². The first-order valence-corrected chi connectivity index (χ1v) is 7.01. The van der Waals surface area contributed by atoms with Crippen LogP contribution in [0.5, 0.6) is 0 Å². The summed E-state index contributed by atoms with van der Waals surface area (Å²) in [5.74, 6) is -0.484. The lowest BCUT2D eigenvalue weighted by Gasteiger charge is -2.35. The van der Waals surface area contributed by atoms with Gasteiger partial charge in [-0.1, -0.05) is 6.07 Å². The van der Waals surface area contributed by atoms with Crippen LogP contribution in [0.1, 0.15) is 23.2 Å². The Morgan fingerprint density at radius 3 is 2.86 bits per heavy atom. The summed E-state index contributed by atoms with van der Waals surface area (Å²) in [5.41, 5.74) is 7.68. The highest BCUT2D eigenvalue weighted by atomic mass is 16.5. The maximum Gasteiger partial charge on any atom is 0.340 e. The Hall–Kier alpha value is -2.24. The van der Waals surface area contributed by atoms with Crippen molar-refractivity contribution in [3.8, 4) is 0 Å². The van der Waals surface area contributed by atoms with Crippen molar-refractivity contribution in [2.45, 2.75) is 12.8 Å². The summed E-state index contributed by atoms with van der Waals surface area (Å²) in [6, 6.07) is 5.18. The van der Waals surface area contributed by atoms with E-state index >= 15 is 0 Å². The molecule has 0 aromatic heterocycles. The minimum atomic E-state index is -0.417. The van der Waals surface area contributed by atoms with Gasteiger partial charge in [0.15, 0.2) is 0 Å². The smallest absolute Gasteiger partial charge is 0.340 e. The molecule has 1 aliphatic heterocycles. The van der Waals surface area contributed by atoms with Crippen LogP contribution in [-0.4, -0.2) is 39.1 Å². The van der Waals surface area contributed by atoms with Crippen molar-refractivity contribution in [3.05, 3.63) is 23.8 Å². The highest BCUT2D eigenvalue weighted by Gasteiger charge is 2.28. The Labute approximate surface area is 124 Å². The number of hydrogen-bond acceptors (Lipinski definition) is 5. The van der Waals surface area contributed by atoms with E-state index in [1.165, 1.54) is 7.11 Å². The molecule has 6 nitrogen and oxygen atoms in total. The Balaban J connectivity index is 2.32. The predicted octanol–water partition coefficient (Wildman–Crippen LogP) is 1.02. The van der Waals surface area contributed by atoms with Crippen molar-refractivity contribution in [2.24, 2.45) is 5.92 Å². The highest BCUT2D eigenvalue weighted by molar-refractivity contribution is 5.99. The van der Waals surface area contributed by atoms with E-state index in [9.17, 15) is 9.59 Å². The van der Waals surface area contributed by atoms with Crippen molar-refractivity contribution in [1.82, 2.24) is 5.32 Å². The number of methoxy groups -OCH3 is 1. The Kier molecular flexibility index (Phi) is 4.67. The van der Waals surface area contributed by atoms with Gasteiger partial charge in [-0.3, -0.25) is 4.79 Å². The molecule has 0 spiro atoms. The first kappa shape index (κ1) is 15.2. The molecule has 114 valence electrons.